The number of carbonyl (C=O) groups is 2. The second-order valence-electron chi connectivity index (χ2n) is 7.49. The highest BCUT2D eigenvalue weighted by Crippen LogP contribution is 2.25. The molecule has 1 heterocycles. The van der Waals surface area contributed by atoms with Crippen molar-refractivity contribution in [1.29, 1.82) is 0 Å². The van der Waals surface area contributed by atoms with Gasteiger partial charge in [-0.15, -0.1) is 0 Å². The molecule has 0 radical (unpaired) electrons. The van der Waals surface area contributed by atoms with Crippen LogP contribution in [0.15, 0.2) is 29.2 Å². The van der Waals surface area contributed by atoms with Crippen LogP contribution in [0.1, 0.15) is 44.0 Å². The van der Waals surface area contributed by atoms with Crippen molar-refractivity contribution in [2.45, 2.75) is 44.1 Å². The number of carboxylic acid groups (broad SMARTS) is 1. The molecule has 1 aliphatic heterocycles. The number of amides is 1. The van der Waals surface area contributed by atoms with Crippen LogP contribution in [0.5, 0.6) is 0 Å². The number of rotatable bonds is 4. The Balaban J connectivity index is 2.01. The van der Waals surface area contributed by atoms with Gasteiger partial charge in [-0.25, -0.2) is 18.0 Å². The zero-order valence-electron chi connectivity index (χ0n) is 15.3. The SMILES string of the molecule is CC(C)(C)OC(=O)N1CCC(CS(=O)(=O)c2ccccc2C(=O)O)CC1. The average molecular weight is 383 g/mol. The third-order valence-electron chi connectivity index (χ3n) is 4.17. The molecule has 1 saturated heterocycles. The van der Waals surface area contributed by atoms with E-state index in [4.69, 9.17) is 4.74 Å². The second kappa shape index (κ2) is 7.65. The molecule has 0 bridgehead atoms. The Hall–Kier alpha value is -2.09. The van der Waals surface area contributed by atoms with E-state index >= 15 is 0 Å². The number of likely N-dealkylation sites (tertiary alicyclic amines) is 1. The highest BCUT2D eigenvalue weighted by Gasteiger charge is 2.31. The first-order chi connectivity index (χ1) is 12.0. The van der Waals surface area contributed by atoms with E-state index in [0.717, 1.165) is 0 Å². The standard InChI is InChI=1S/C18H25NO6S/c1-18(2,3)25-17(22)19-10-8-13(9-11-19)12-26(23,24)15-7-5-4-6-14(15)16(20)21/h4-7,13H,8-12H2,1-3H3,(H,20,21). The summed E-state index contributed by atoms with van der Waals surface area (Å²) in [6.45, 7) is 6.24. The Labute approximate surface area is 153 Å². The summed E-state index contributed by atoms with van der Waals surface area (Å²) in [7, 11) is -3.72. The van der Waals surface area contributed by atoms with Crippen LogP contribution in [-0.2, 0) is 14.6 Å². The van der Waals surface area contributed by atoms with Gasteiger partial charge >= 0.3 is 12.1 Å². The lowest BCUT2D eigenvalue weighted by molar-refractivity contribution is 0.0190. The summed E-state index contributed by atoms with van der Waals surface area (Å²) in [5.74, 6) is -1.51. The fourth-order valence-electron chi connectivity index (χ4n) is 2.92. The summed E-state index contributed by atoms with van der Waals surface area (Å²) in [4.78, 5) is 24.8. The molecule has 0 spiro atoms. The van der Waals surface area contributed by atoms with E-state index in [2.05, 4.69) is 0 Å². The van der Waals surface area contributed by atoms with Gasteiger partial charge in [-0.2, -0.15) is 0 Å². The summed E-state index contributed by atoms with van der Waals surface area (Å²) >= 11 is 0. The Morgan fingerprint density at radius 3 is 2.31 bits per heavy atom. The zero-order chi connectivity index (χ0) is 19.5. The molecule has 26 heavy (non-hydrogen) atoms. The van der Waals surface area contributed by atoms with Crippen LogP contribution in [0.25, 0.3) is 0 Å². The molecule has 1 fully saturated rings. The number of ether oxygens (including phenoxy) is 1. The van der Waals surface area contributed by atoms with Gasteiger partial charge in [-0.1, -0.05) is 12.1 Å². The topological polar surface area (TPSA) is 101 Å². The number of sulfone groups is 1. The van der Waals surface area contributed by atoms with Crippen LogP contribution >= 0.6 is 0 Å². The normalized spacial score (nSPS) is 16.3. The van der Waals surface area contributed by atoms with Gasteiger partial charge in [0, 0.05) is 13.1 Å². The third-order valence-corrected chi connectivity index (χ3v) is 6.11. The molecule has 1 aliphatic rings. The van der Waals surface area contributed by atoms with Gasteiger partial charge in [-0.3, -0.25) is 0 Å². The Morgan fingerprint density at radius 2 is 1.77 bits per heavy atom. The van der Waals surface area contributed by atoms with Crippen LogP contribution < -0.4 is 0 Å². The van der Waals surface area contributed by atoms with Gasteiger partial charge in [0.1, 0.15) is 5.60 Å². The van der Waals surface area contributed by atoms with Crippen LogP contribution in [0, 0.1) is 5.92 Å². The monoisotopic (exact) mass is 383 g/mol. The molecule has 0 atom stereocenters. The molecule has 0 aromatic heterocycles. The highest BCUT2D eigenvalue weighted by molar-refractivity contribution is 7.91. The Morgan fingerprint density at radius 1 is 1.19 bits per heavy atom. The molecule has 0 aliphatic carbocycles. The molecule has 8 heteroatoms. The first kappa shape index (κ1) is 20.2. The van der Waals surface area contributed by atoms with Crippen molar-refractivity contribution in [2.75, 3.05) is 18.8 Å². The number of hydrogen-bond acceptors (Lipinski definition) is 5. The number of carboxylic acids is 1. The Kier molecular flexibility index (Phi) is 5.95. The van der Waals surface area contributed by atoms with Crippen molar-refractivity contribution in [3.05, 3.63) is 29.8 Å². The van der Waals surface area contributed by atoms with E-state index in [1.807, 2.05) is 0 Å². The minimum absolute atomic E-state index is 0.125. The van der Waals surface area contributed by atoms with Gasteiger partial charge in [0.25, 0.3) is 0 Å². The maximum absolute atomic E-state index is 12.7. The minimum atomic E-state index is -3.72. The number of piperidine rings is 1. The first-order valence-electron chi connectivity index (χ1n) is 8.52. The van der Waals surface area contributed by atoms with Gasteiger partial charge in [0.15, 0.2) is 9.84 Å². The van der Waals surface area contributed by atoms with Gasteiger partial charge < -0.3 is 14.7 Å². The van der Waals surface area contributed by atoms with Gasteiger partial charge in [-0.05, 0) is 51.7 Å². The number of hydrogen-bond donors (Lipinski definition) is 1. The number of aromatic carboxylic acids is 1. The molecule has 1 N–H and O–H groups in total. The van der Waals surface area contributed by atoms with Crippen LogP contribution in [-0.4, -0.2) is 54.9 Å². The molecular weight excluding hydrogens is 358 g/mol. The summed E-state index contributed by atoms with van der Waals surface area (Å²) in [6, 6.07) is 5.64. The quantitative estimate of drug-likeness (QED) is 0.858. The van der Waals surface area contributed by atoms with Gasteiger partial charge in [0.05, 0.1) is 16.2 Å². The molecule has 0 saturated carbocycles. The predicted octanol–water partition coefficient (Wildman–Crippen LogP) is 2.81. The fourth-order valence-corrected chi connectivity index (χ4v) is 4.83. The maximum atomic E-state index is 12.7. The first-order valence-corrected chi connectivity index (χ1v) is 10.2. The van der Waals surface area contributed by atoms with E-state index in [1.54, 1.807) is 25.7 Å². The highest BCUT2D eigenvalue weighted by atomic mass is 32.2. The van der Waals surface area contributed by atoms with Crippen molar-refractivity contribution >= 4 is 21.9 Å². The molecule has 144 valence electrons. The lowest BCUT2D eigenvalue weighted by Crippen LogP contribution is -2.42. The number of nitrogens with zero attached hydrogens (tertiary/aromatic N) is 1. The number of carbonyl (C=O) groups excluding carboxylic acids is 1. The zero-order valence-corrected chi connectivity index (χ0v) is 16.1. The largest absolute Gasteiger partial charge is 0.478 e. The van der Waals surface area contributed by atoms with Crippen molar-refractivity contribution in [2.24, 2.45) is 5.92 Å². The summed E-state index contributed by atoms with van der Waals surface area (Å²) in [5.41, 5.74) is -0.781. The lowest BCUT2D eigenvalue weighted by Gasteiger charge is -2.33. The van der Waals surface area contributed by atoms with Crippen LogP contribution in [0.3, 0.4) is 0 Å². The van der Waals surface area contributed by atoms with Crippen molar-refractivity contribution in [1.82, 2.24) is 4.90 Å². The smallest absolute Gasteiger partial charge is 0.410 e. The van der Waals surface area contributed by atoms with Crippen molar-refractivity contribution in [3.63, 3.8) is 0 Å². The van der Waals surface area contributed by atoms with E-state index in [1.165, 1.54) is 24.3 Å². The molecule has 2 rings (SSSR count). The van der Waals surface area contributed by atoms with Crippen molar-refractivity contribution in [3.8, 4) is 0 Å². The molecule has 0 unspecified atom stereocenters. The average Bonchev–Trinajstić information content (AvgIpc) is 2.53. The van der Waals surface area contributed by atoms with Crippen LogP contribution in [0.2, 0.25) is 0 Å². The molecule has 1 amide bonds. The number of benzene rings is 1. The fraction of sp³-hybridized carbons (Fsp3) is 0.556. The van der Waals surface area contributed by atoms with Gasteiger partial charge in [0.2, 0.25) is 0 Å². The predicted molar refractivity (Wildman–Crippen MR) is 96.0 cm³/mol. The Bertz CT molecular complexity index is 773. The van der Waals surface area contributed by atoms with E-state index < -0.39 is 27.5 Å². The maximum Gasteiger partial charge on any atom is 0.410 e. The lowest BCUT2D eigenvalue weighted by atomic mass is 9.99. The summed E-state index contributed by atoms with van der Waals surface area (Å²) < 4.78 is 30.6. The molecule has 1 aromatic rings. The van der Waals surface area contributed by atoms with Crippen molar-refractivity contribution < 1.29 is 27.9 Å². The van der Waals surface area contributed by atoms with E-state index in [0.29, 0.717) is 25.9 Å². The summed E-state index contributed by atoms with van der Waals surface area (Å²) in [5, 5.41) is 9.20. The molecule has 1 aromatic carbocycles. The third kappa shape index (κ3) is 5.20. The van der Waals surface area contributed by atoms with E-state index in [-0.39, 0.29) is 22.1 Å². The second-order valence-corrected chi connectivity index (χ2v) is 9.50. The molecular formula is C18H25NO6S. The van der Waals surface area contributed by atoms with Crippen LogP contribution in [0.4, 0.5) is 4.79 Å². The minimum Gasteiger partial charge on any atom is -0.478 e. The molecule has 7 nitrogen and oxygen atoms in total. The summed E-state index contributed by atoms with van der Waals surface area (Å²) in [6.07, 6.45) is 0.677. The van der Waals surface area contributed by atoms with E-state index in [9.17, 15) is 23.1 Å².